The molecule has 1 aliphatic rings. The number of likely N-dealkylation sites (N-methyl/N-ethyl adjacent to an activating group) is 1. The van der Waals surface area contributed by atoms with E-state index in [4.69, 9.17) is 16.0 Å². The van der Waals surface area contributed by atoms with E-state index in [2.05, 4.69) is 15.2 Å². The van der Waals surface area contributed by atoms with Gasteiger partial charge >= 0.3 is 0 Å². The molecule has 0 saturated carbocycles. The molecule has 1 N–H and O–H groups in total. The van der Waals surface area contributed by atoms with Crippen molar-refractivity contribution >= 4 is 17.5 Å². The molecule has 0 aliphatic carbocycles. The first-order chi connectivity index (χ1) is 10.7. The molecular formula is C16H18ClN3O2. The molecule has 6 heteroatoms. The highest BCUT2D eigenvalue weighted by molar-refractivity contribution is 6.30. The summed E-state index contributed by atoms with van der Waals surface area (Å²) in [6.45, 7) is 1.43. The fourth-order valence-corrected chi connectivity index (χ4v) is 2.91. The lowest BCUT2D eigenvalue weighted by Gasteiger charge is -2.21. The highest BCUT2D eigenvalue weighted by Crippen LogP contribution is 2.25. The van der Waals surface area contributed by atoms with Gasteiger partial charge in [0.15, 0.2) is 5.76 Å². The smallest absolute Gasteiger partial charge is 0.237 e. The van der Waals surface area contributed by atoms with Crippen LogP contribution in [0.3, 0.4) is 0 Å². The van der Waals surface area contributed by atoms with Gasteiger partial charge in [-0.25, -0.2) is 4.98 Å². The Hall–Kier alpha value is -1.85. The normalized spacial score (nSPS) is 18.5. The minimum Gasteiger partial charge on any atom is -0.439 e. The molecule has 0 bridgehead atoms. The lowest BCUT2D eigenvalue weighted by Crippen LogP contribution is -2.41. The second kappa shape index (κ2) is 6.50. The SMILES string of the molecule is CNC(=O)C1CCCN1Cc1ncc(-c2ccc(Cl)cc2)o1. The van der Waals surface area contributed by atoms with Crippen LogP contribution in [0.2, 0.25) is 5.02 Å². The van der Waals surface area contributed by atoms with E-state index in [1.54, 1.807) is 13.2 Å². The maximum Gasteiger partial charge on any atom is 0.237 e. The van der Waals surface area contributed by atoms with Gasteiger partial charge in [-0.05, 0) is 43.7 Å². The molecule has 1 aromatic carbocycles. The maximum atomic E-state index is 11.9. The van der Waals surface area contributed by atoms with Gasteiger partial charge in [0.1, 0.15) is 0 Å². The number of carbonyl (C=O) groups is 1. The Labute approximate surface area is 134 Å². The van der Waals surface area contributed by atoms with Crippen molar-refractivity contribution in [2.75, 3.05) is 13.6 Å². The number of oxazole rings is 1. The van der Waals surface area contributed by atoms with Crippen molar-refractivity contribution in [2.24, 2.45) is 0 Å². The molecule has 0 radical (unpaired) electrons. The first kappa shape index (κ1) is 15.1. The summed E-state index contributed by atoms with van der Waals surface area (Å²) < 4.78 is 5.81. The summed E-state index contributed by atoms with van der Waals surface area (Å²) in [5.74, 6) is 1.39. The lowest BCUT2D eigenvalue weighted by molar-refractivity contribution is -0.125. The third kappa shape index (κ3) is 3.15. The third-order valence-electron chi connectivity index (χ3n) is 3.93. The van der Waals surface area contributed by atoms with Gasteiger partial charge in [-0.1, -0.05) is 11.6 Å². The van der Waals surface area contributed by atoms with Crippen LogP contribution < -0.4 is 5.32 Å². The van der Waals surface area contributed by atoms with E-state index in [1.807, 2.05) is 24.3 Å². The Balaban J connectivity index is 1.71. The number of aromatic nitrogens is 1. The van der Waals surface area contributed by atoms with Crippen LogP contribution in [0.25, 0.3) is 11.3 Å². The molecule has 1 amide bonds. The molecule has 1 aliphatic heterocycles. The molecule has 1 aromatic heterocycles. The van der Waals surface area contributed by atoms with Gasteiger partial charge in [-0.3, -0.25) is 9.69 Å². The number of rotatable bonds is 4. The average Bonchev–Trinajstić information content (AvgIpc) is 3.17. The van der Waals surface area contributed by atoms with E-state index in [9.17, 15) is 4.79 Å². The van der Waals surface area contributed by atoms with E-state index >= 15 is 0 Å². The molecule has 3 rings (SSSR count). The second-order valence-corrected chi connectivity index (χ2v) is 5.80. The molecule has 2 heterocycles. The van der Waals surface area contributed by atoms with Gasteiger partial charge in [0, 0.05) is 17.6 Å². The van der Waals surface area contributed by atoms with E-state index in [1.165, 1.54) is 0 Å². The Morgan fingerprint density at radius 2 is 2.23 bits per heavy atom. The first-order valence-electron chi connectivity index (χ1n) is 7.33. The van der Waals surface area contributed by atoms with Crippen LogP contribution >= 0.6 is 11.6 Å². The van der Waals surface area contributed by atoms with Crippen LogP contribution in [0, 0.1) is 0 Å². The van der Waals surface area contributed by atoms with Crippen molar-refractivity contribution in [1.29, 1.82) is 0 Å². The Morgan fingerprint density at radius 3 is 2.95 bits per heavy atom. The highest BCUT2D eigenvalue weighted by Gasteiger charge is 2.30. The second-order valence-electron chi connectivity index (χ2n) is 5.37. The predicted octanol–water partition coefficient (Wildman–Crippen LogP) is 2.71. The third-order valence-corrected chi connectivity index (χ3v) is 4.19. The van der Waals surface area contributed by atoms with Crippen LogP contribution in [0.15, 0.2) is 34.9 Å². The molecule has 1 saturated heterocycles. The number of halogens is 1. The minimum atomic E-state index is -0.0871. The quantitative estimate of drug-likeness (QED) is 0.941. The Morgan fingerprint density at radius 1 is 1.45 bits per heavy atom. The highest BCUT2D eigenvalue weighted by atomic mass is 35.5. The van der Waals surface area contributed by atoms with Gasteiger partial charge in [0.2, 0.25) is 11.8 Å². The van der Waals surface area contributed by atoms with Gasteiger partial charge in [-0.15, -0.1) is 0 Å². The van der Waals surface area contributed by atoms with Gasteiger partial charge in [-0.2, -0.15) is 0 Å². The number of benzene rings is 1. The van der Waals surface area contributed by atoms with Gasteiger partial charge in [0.05, 0.1) is 18.8 Å². The maximum absolute atomic E-state index is 11.9. The van der Waals surface area contributed by atoms with Crippen LogP contribution in [0.4, 0.5) is 0 Å². The summed E-state index contributed by atoms with van der Waals surface area (Å²) in [5, 5.41) is 3.40. The van der Waals surface area contributed by atoms with Gasteiger partial charge < -0.3 is 9.73 Å². The van der Waals surface area contributed by atoms with Crippen molar-refractivity contribution in [1.82, 2.24) is 15.2 Å². The van der Waals surface area contributed by atoms with Crippen molar-refractivity contribution < 1.29 is 9.21 Å². The summed E-state index contributed by atoms with van der Waals surface area (Å²) in [7, 11) is 1.67. The van der Waals surface area contributed by atoms with Crippen LogP contribution in [-0.2, 0) is 11.3 Å². The number of hydrogen-bond acceptors (Lipinski definition) is 4. The monoisotopic (exact) mass is 319 g/mol. The predicted molar refractivity (Wildman–Crippen MR) is 84.4 cm³/mol. The number of nitrogens with zero attached hydrogens (tertiary/aromatic N) is 2. The number of nitrogens with one attached hydrogen (secondary N) is 1. The van der Waals surface area contributed by atoms with E-state index in [0.717, 1.165) is 24.9 Å². The zero-order chi connectivity index (χ0) is 15.5. The largest absolute Gasteiger partial charge is 0.439 e. The number of hydrogen-bond donors (Lipinski definition) is 1. The molecule has 1 fully saturated rings. The molecule has 116 valence electrons. The molecule has 1 atom stereocenters. The molecule has 5 nitrogen and oxygen atoms in total. The number of carbonyl (C=O) groups excluding carboxylic acids is 1. The van der Waals surface area contributed by atoms with Crippen molar-refractivity contribution in [3.05, 3.63) is 41.4 Å². The first-order valence-corrected chi connectivity index (χ1v) is 7.71. The van der Waals surface area contributed by atoms with Gasteiger partial charge in [0.25, 0.3) is 0 Å². The van der Waals surface area contributed by atoms with Crippen molar-refractivity contribution in [2.45, 2.75) is 25.4 Å². The minimum absolute atomic E-state index is 0.0574. The fourth-order valence-electron chi connectivity index (χ4n) is 2.78. The molecule has 22 heavy (non-hydrogen) atoms. The van der Waals surface area contributed by atoms with Crippen LogP contribution in [-0.4, -0.2) is 35.4 Å². The number of amides is 1. The summed E-state index contributed by atoms with van der Waals surface area (Å²) in [5.41, 5.74) is 0.937. The molecule has 0 spiro atoms. The molecular weight excluding hydrogens is 302 g/mol. The number of likely N-dealkylation sites (tertiary alicyclic amines) is 1. The summed E-state index contributed by atoms with van der Waals surface area (Å²) >= 11 is 5.89. The van der Waals surface area contributed by atoms with E-state index < -0.39 is 0 Å². The summed E-state index contributed by atoms with van der Waals surface area (Å²) in [4.78, 5) is 18.3. The molecule has 1 unspecified atom stereocenters. The van der Waals surface area contributed by atoms with Crippen LogP contribution in [0.1, 0.15) is 18.7 Å². The van der Waals surface area contributed by atoms with Crippen molar-refractivity contribution in [3.63, 3.8) is 0 Å². The average molecular weight is 320 g/mol. The van der Waals surface area contributed by atoms with E-state index in [0.29, 0.717) is 23.2 Å². The Bertz CT molecular complexity index is 654. The standard InChI is InChI=1S/C16H18ClN3O2/c1-18-16(21)13-3-2-8-20(13)10-15-19-9-14(22-15)11-4-6-12(17)7-5-11/h4-7,9,13H,2-3,8,10H2,1H3,(H,18,21). The van der Waals surface area contributed by atoms with Crippen LogP contribution in [0.5, 0.6) is 0 Å². The summed E-state index contributed by atoms with van der Waals surface area (Å²) in [6, 6.07) is 7.35. The fraction of sp³-hybridized carbons (Fsp3) is 0.375. The Kier molecular flexibility index (Phi) is 4.45. The molecule has 2 aromatic rings. The lowest BCUT2D eigenvalue weighted by atomic mass is 10.2. The zero-order valence-corrected chi connectivity index (χ0v) is 13.1. The zero-order valence-electron chi connectivity index (χ0n) is 12.4. The summed E-state index contributed by atoms with van der Waals surface area (Å²) in [6.07, 6.45) is 3.61. The van der Waals surface area contributed by atoms with Crippen molar-refractivity contribution in [3.8, 4) is 11.3 Å². The van der Waals surface area contributed by atoms with E-state index in [-0.39, 0.29) is 11.9 Å². The topological polar surface area (TPSA) is 58.4 Å².